The number of H-pyrrole nitrogens is 1. The molecular formula is C30H28N2O5. The first-order chi connectivity index (χ1) is 17.8. The number of carbonyl (C=O) groups is 2. The number of fused-ring (bicyclic) bond motifs is 1. The number of hydrogen-bond acceptors (Lipinski definition) is 4. The fraction of sp³-hybridized carbons (Fsp3) is 0.200. The van der Waals surface area contributed by atoms with Crippen molar-refractivity contribution in [2.24, 2.45) is 0 Å². The van der Waals surface area contributed by atoms with Crippen LogP contribution in [0, 0.1) is 11.8 Å². The van der Waals surface area contributed by atoms with Crippen molar-refractivity contribution >= 4 is 22.8 Å². The van der Waals surface area contributed by atoms with Gasteiger partial charge in [0.05, 0.1) is 29.9 Å². The number of aliphatic hydroxyl groups is 1. The molecule has 0 spiro atoms. The van der Waals surface area contributed by atoms with E-state index in [1.807, 2.05) is 44.3 Å². The highest BCUT2D eigenvalue weighted by Gasteiger charge is 2.19. The van der Waals surface area contributed by atoms with Crippen LogP contribution >= 0.6 is 0 Å². The topological polar surface area (TPSA) is 112 Å². The fourth-order valence-corrected chi connectivity index (χ4v) is 4.01. The van der Waals surface area contributed by atoms with Crippen LogP contribution in [0.4, 0.5) is 0 Å². The maximum atomic E-state index is 13.3. The van der Waals surface area contributed by atoms with Crippen LogP contribution in [0.1, 0.15) is 51.3 Å². The van der Waals surface area contributed by atoms with Crippen molar-refractivity contribution in [3.05, 3.63) is 101 Å². The van der Waals surface area contributed by atoms with Gasteiger partial charge in [0, 0.05) is 28.2 Å². The number of aliphatic hydroxyl groups excluding tert-OH is 1. The number of para-hydroxylation sites is 1. The molecule has 0 saturated carbocycles. The number of carbonyl (C=O) groups excluding carboxylic acids is 1. The lowest BCUT2D eigenvalue weighted by atomic mass is 10.0. The second kappa shape index (κ2) is 11.5. The van der Waals surface area contributed by atoms with Gasteiger partial charge in [0.25, 0.3) is 5.91 Å². The molecule has 0 aliphatic rings. The Morgan fingerprint density at radius 2 is 1.76 bits per heavy atom. The Hall–Kier alpha value is -4.54. The summed E-state index contributed by atoms with van der Waals surface area (Å²) < 4.78 is 5.86. The van der Waals surface area contributed by atoms with Crippen LogP contribution in [0.5, 0.6) is 5.75 Å². The SMILES string of the molecule is CC(C)Oc1ccc(C#Cc2cccc(C(=O)O)c2)cc1C(=O)N[C@@H](CO)Cc1c[nH]c2ccccc12. The average Bonchev–Trinajstić information content (AvgIpc) is 3.30. The van der Waals surface area contributed by atoms with Gasteiger partial charge in [0.15, 0.2) is 0 Å². The summed E-state index contributed by atoms with van der Waals surface area (Å²) in [6.45, 7) is 3.52. The molecule has 0 aliphatic heterocycles. The molecule has 3 aromatic carbocycles. The van der Waals surface area contributed by atoms with Crippen LogP contribution in [0.3, 0.4) is 0 Å². The van der Waals surface area contributed by atoms with Gasteiger partial charge in [-0.15, -0.1) is 0 Å². The molecule has 188 valence electrons. The van der Waals surface area contributed by atoms with E-state index in [2.05, 4.69) is 22.1 Å². The first-order valence-electron chi connectivity index (χ1n) is 12.0. The van der Waals surface area contributed by atoms with Crippen molar-refractivity contribution < 1.29 is 24.5 Å². The molecule has 0 fully saturated rings. The number of benzene rings is 3. The van der Waals surface area contributed by atoms with Crippen LogP contribution in [-0.2, 0) is 6.42 Å². The third-order valence-corrected chi connectivity index (χ3v) is 5.74. The van der Waals surface area contributed by atoms with Crippen LogP contribution < -0.4 is 10.1 Å². The first-order valence-corrected chi connectivity index (χ1v) is 12.0. The normalized spacial score (nSPS) is 11.6. The van der Waals surface area contributed by atoms with Gasteiger partial charge in [-0.05, 0) is 68.3 Å². The van der Waals surface area contributed by atoms with Crippen molar-refractivity contribution in [2.75, 3.05) is 6.61 Å². The molecule has 7 heteroatoms. The molecule has 1 atom stereocenters. The number of amides is 1. The molecule has 0 aliphatic carbocycles. The molecule has 7 nitrogen and oxygen atoms in total. The predicted octanol–water partition coefficient (Wildman–Crippen LogP) is 4.39. The van der Waals surface area contributed by atoms with Gasteiger partial charge in [0.2, 0.25) is 0 Å². The number of aromatic nitrogens is 1. The molecule has 4 aromatic rings. The highest BCUT2D eigenvalue weighted by Crippen LogP contribution is 2.23. The minimum absolute atomic E-state index is 0.151. The summed E-state index contributed by atoms with van der Waals surface area (Å²) in [6, 6.07) is 18.8. The van der Waals surface area contributed by atoms with E-state index >= 15 is 0 Å². The summed E-state index contributed by atoms with van der Waals surface area (Å²) in [5, 5.41) is 23.2. The first kappa shape index (κ1) is 25.5. The lowest BCUT2D eigenvalue weighted by Crippen LogP contribution is -2.39. The number of aromatic amines is 1. The largest absolute Gasteiger partial charge is 0.490 e. The Kier molecular flexibility index (Phi) is 7.92. The van der Waals surface area contributed by atoms with Gasteiger partial charge < -0.3 is 25.3 Å². The minimum Gasteiger partial charge on any atom is -0.490 e. The number of carboxylic acids is 1. The van der Waals surface area contributed by atoms with Crippen molar-refractivity contribution in [1.82, 2.24) is 10.3 Å². The summed E-state index contributed by atoms with van der Waals surface area (Å²) in [7, 11) is 0. The van der Waals surface area contributed by atoms with E-state index in [0.29, 0.717) is 28.9 Å². The summed E-state index contributed by atoms with van der Waals surface area (Å²) in [5.74, 6) is 4.95. The number of rotatable bonds is 8. The second-order valence-corrected chi connectivity index (χ2v) is 8.93. The van der Waals surface area contributed by atoms with Crippen LogP contribution in [0.25, 0.3) is 10.9 Å². The second-order valence-electron chi connectivity index (χ2n) is 8.93. The van der Waals surface area contributed by atoms with Crippen molar-refractivity contribution in [3.8, 4) is 17.6 Å². The molecule has 0 radical (unpaired) electrons. The maximum absolute atomic E-state index is 13.3. The maximum Gasteiger partial charge on any atom is 0.335 e. The summed E-state index contributed by atoms with van der Waals surface area (Å²) in [4.78, 5) is 27.8. The molecule has 1 heterocycles. The van der Waals surface area contributed by atoms with Crippen molar-refractivity contribution in [3.63, 3.8) is 0 Å². The summed E-state index contributed by atoms with van der Waals surface area (Å²) >= 11 is 0. The van der Waals surface area contributed by atoms with E-state index in [1.54, 1.807) is 30.3 Å². The van der Waals surface area contributed by atoms with Crippen LogP contribution in [0.15, 0.2) is 72.9 Å². The quantitative estimate of drug-likeness (QED) is 0.271. The van der Waals surface area contributed by atoms with Gasteiger partial charge >= 0.3 is 5.97 Å². The molecule has 0 saturated heterocycles. The Morgan fingerprint density at radius 1 is 1.00 bits per heavy atom. The Bertz CT molecular complexity index is 1490. The summed E-state index contributed by atoms with van der Waals surface area (Å²) in [5.41, 5.74) is 3.56. The third-order valence-electron chi connectivity index (χ3n) is 5.74. The number of nitrogens with one attached hydrogen (secondary N) is 2. The lowest BCUT2D eigenvalue weighted by molar-refractivity contribution is 0.0696. The number of carboxylic acid groups (broad SMARTS) is 1. The Morgan fingerprint density at radius 3 is 2.49 bits per heavy atom. The number of aromatic carboxylic acids is 1. The molecule has 4 N–H and O–H groups in total. The van der Waals surface area contributed by atoms with E-state index in [-0.39, 0.29) is 24.2 Å². The van der Waals surface area contributed by atoms with E-state index in [1.165, 1.54) is 12.1 Å². The molecule has 4 rings (SSSR count). The van der Waals surface area contributed by atoms with E-state index < -0.39 is 12.0 Å². The van der Waals surface area contributed by atoms with Gasteiger partial charge in [-0.25, -0.2) is 4.79 Å². The highest BCUT2D eigenvalue weighted by molar-refractivity contribution is 5.97. The zero-order valence-corrected chi connectivity index (χ0v) is 20.6. The number of ether oxygens (including phenoxy) is 1. The van der Waals surface area contributed by atoms with E-state index in [0.717, 1.165) is 16.5 Å². The van der Waals surface area contributed by atoms with E-state index in [9.17, 15) is 19.8 Å². The van der Waals surface area contributed by atoms with Crippen molar-refractivity contribution in [2.45, 2.75) is 32.4 Å². The molecule has 1 aromatic heterocycles. The highest BCUT2D eigenvalue weighted by atomic mass is 16.5. The molecular weight excluding hydrogens is 468 g/mol. The molecule has 0 bridgehead atoms. The molecule has 0 unspecified atom stereocenters. The van der Waals surface area contributed by atoms with E-state index in [4.69, 9.17) is 4.74 Å². The smallest absolute Gasteiger partial charge is 0.335 e. The van der Waals surface area contributed by atoms with Gasteiger partial charge in [-0.2, -0.15) is 0 Å². The molecule has 1 amide bonds. The predicted molar refractivity (Wildman–Crippen MR) is 142 cm³/mol. The molecule has 37 heavy (non-hydrogen) atoms. The van der Waals surface area contributed by atoms with Crippen LogP contribution in [0.2, 0.25) is 0 Å². The fourth-order valence-electron chi connectivity index (χ4n) is 4.01. The van der Waals surface area contributed by atoms with Gasteiger partial charge in [-0.3, -0.25) is 4.79 Å². The average molecular weight is 497 g/mol. The monoisotopic (exact) mass is 496 g/mol. The number of hydrogen-bond donors (Lipinski definition) is 4. The van der Waals surface area contributed by atoms with Gasteiger partial charge in [-0.1, -0.05) is 36.1 Å². The Balaban J connectivity index is 1.58. The Labute approximate surface area is 215 Å². The van der Waals surface area contributed by atoms with Crippen molar-refractivity contribution in [1.29, 1.82) is 0 Å². The summed E-state index contributed by atoms with van der Waals surface area (Å²) in [6.07, 6.45) is 2.19. The standard InChI is InChI=1S/C30H28N2O5/c1-19(2)37-28-13-12-21(11-10-20-6-5-7-22(14-20)30(35)36)15-26(28)29(34)32-24(18-33)16-23-17-31-27-9-4-3-8-25(23)27/h3-9,12-15,17,19,24,31,33H,16,18H2,1-2H3,(H,32,34)(H,35,36)/t24-/m1/s1. The third kappa shape index (κ3) is 6.37. The van der Waals surface area contributed by atoms with Crippen LogP contribution in [-0.4, -0.2) is 45.8 Å². The lowest BCUT2D eigenvalue weighted by Gasteiger charge is -2.19. The van der Waals surface area contributed by atoms with Gasteiger partial charge in [0.1, 0.15) is 5.75 Å². The zero-order valence-electron chi connectivity index (χ0n) is 20.6. The zero-order chi connectivity index (χ0) is 26.4. The minimum atomic E-state index is -1.02.